The van der Waals surface area contributed by atoms with Gasteiger partial charge in [-0.1, -0.05) is 24.3 Å². The van der Waals surface area contributed by atoms with Crippen molar-refractivity contribution in [2.75, 3.05) is 36.9 Å². The Morgan fingerprint density at radius 1 is 1.12 bits per heavy atom. The van der Waals surface area contributed by atoms with Crippen molar-refractivity contribution in [2.24, 2.45) is 0 Å². The third kappa shape index (κ3) is 6.24. The van der Waals surface area contributed by atoms with E-state index < -0.39 is 33.6 Å². The van der Waals surface area contributed by atoms with E-state index in [1.807, 2.05) is 24.3 Å². The molecule has 1 saturated heterocycles. The van der Waals surface area contributed by atoms with Crippen LogP contribution in [0.5, 0.6) is 0 Å². The van der Waals surface area contributed by atoms with Gasteiger partial charge in [0.1, 0.15) is 6.04 Å². The first kappa shape index (κ1) is 24.1. The lowest BCUT2D eigenvalue weighted by atomic mass is 10.1. The van der Waals surface area contributed by atoms with Crippen LogP contribution < -0.4 is 9.62 Å². The fourth-order valence-electron chi connectivity index (χ4n) is 3.62. The quantitative estimate of drug-likeness (QED) is 0.645. The molecule has 0 saturated carbocycles. The molecule has 7 nitrogen and oxygen atoms in total. The minimum Gasteiger partial charge on any atom is -0.379 e. The van der Waals surface area contributed by atoms with E-state index in [1.165, 1.54) is 6.92 Å². The lowest BCUT2D eigenvalue weighted by molar-refractivity contribution is -0.122. The van der Waals surface area contributed by atoms with Crippen LogP contribution in [-0.4, -0.2) is 57.8 Å². The minimum atomic E-state index is -3.93. The van der Waals surface area contributed by atoms with Crippen molar-refractivity contribution in [1.29, 1.82) is 0 Å². The third-order valence-corrected chi connectivity index (χ3v) is 6.46. The third-order valence-electron chi connectivity index (χ3n) is 5.21. The summed E-state index contributed by atoms with van der Waals surface area (Å²) < 4.78 is 57.7. The monoisotopic (exact) mass is 467 g/mol. The summed E-state index contributed by atoms with van der Waals surface area (Å²) in [6.45, 7) is 5.53. The maximum atomic E-state index is 13.7. The van der Waals surface area contributed by atoms with Gasteiger partial charge < -0.3 is 10.1 Å². The summed E-state index contributed by atoms with van der Waals surface area (Å²) in [6.07, 6.45) is 0.910. The zero-order valence-electron chi connectivity index (χ0n) is 18.1. The Balaban J connectivity index is 1.67. The van der Waals surface area contributed by atoms with Gasteiger partial charge in [0.25, 0.3) is 0 Å². The molecule has 0 bridgehead atoms. The Kier molecular flexibility index (Phi) is 7.81. The second-order valence-electron chi connectivity index (χ2n) is 7.76. The summed E-state index contributed by atoms with van der Waals surface area (Å²) in [4.78, 5) is 15.0. The predicted molar refractivity (Wildman–Crippen MR) is 118 cm³/mol. The van der Waals surface area contributed by atoms with E-state index in [0.717, 1.165) is 59.5 Å². The molecule has 3 rings (SSSR count). The Labute approximate surface area is 187 Å². The van der Waals surface area contributed by atoms with Crippen LogP contribution in [0.2, 0.25) is 0 Å². The Morgan fingerprint density at radius 2 is 1.81 bits per heavy atom. The van der Waals surface area contributed by atoms with Crippen LogP contribution in [0.15, 0.2) is 42.5 Å². The number of carbonyl (C=O) groups excluding carboxylic acids is 1. The number of ether oxygens (including phenoxy) is 1. The molecule has 1 heterocycles. The van der Waals surface area contributed by atoms with Gasteiger partial charge in [0, 0.05) is 32.2 Å². The first-order chi connectivity index (χ1) is 15.1. The highest BCUT2D eigenvalue weighted by molar-refractivity contribution is 7.92. The lowest BCUT2D eigenvalue weighted by Gasteiger charge is -2.28. The van der Waals surface area contributed by atoms with Crippen molar-refractivity contribution >= 4 is 21.6 Å². The van der Waals surface area contributed by atoms with Crippen LogP contribution in [0.1, 0.15) is 18.1 Å². The second kappa shape index (κ2) is 10.4. The Hall–Kier alpha value is -2.56. The van der Waals surface area contributed by atoms with Crippen LogP contribution in [-0.2, 0) is 32.6 Å². The number of hydrogen-bond donors (Lipinski definition) is 1. The van der Waals surface area contributed by atoms with Crippen LogP contribution in [0.4, 0.5) is 14.5 Å². The van der Waals surface area contributed by atoms with Gasteiger partial charge >= 0.3 is 0 Å². The van der Waals surface area contributed by atoms with Crippen LogP contribution >= 0.6 is 0 Å². The molecule has 2 aromatic carbocycles. The summed E-state index contributed by atoms with van der Waals surface area (Å²) in [7, 11) is -3.93. The zero-order chi connectivity index (χ0) is 23.3. The molecule has 32 heavy (non-hydrogen) atoms. The molecule has 174 valence electrons. The molecule has 1 N–H and O–H groups in total. The molecule has 1 amide bonds. The molecule has 1 aliphatic rings. The van der Waals surface area contributed by atoms with Crippen molar-refractivity contribution in [3.8, 4) is 0 Å². The number of morpholine rings is 1. The standard InChI is InChI=1S/C22H27F2N3O4S/c1-16(27(32(2,29)30)19-6-7-20(23)21(24)13-19)22(28)25-14-17-4-3-5-18(12-17)15-26-8-10-31-11-9-26/h3-7,12-13,16H,8-11,14-15H2,1-2H3,(H,25,28). The highest BCUT2D eigenvalue weighted by atomic mass is 32.2. The average Bonchev–Trinajstić information content (AvgIpc) is 2.74. The van der Waals surface area contributed by atoms with Crippen LogP contribution in [0.3, 0.4) is 0 Å². The average molecular weight is 468 g/mol. The summed E-state index contributed by atoms with van der Waals surface area (Å²) in [5.41, 5.74) is 1.85. The first-order valence-electron chi connectivity index (χ1n) is 10.3. The topological polar surface area (TPSA) is 79.0 Å². The van der Waals surface area contributed by atoms with E-state index in [9.17, 15) is 22.0 Å². The predicted octanol–water partition coefficient (Wildman–Crippen LogP) is 2.27. The number of rotatable bonds is 8. The van der Waals surface area contributed by atoms with E-state index in [0.29, 0.717) is 13.2 Å². The molecular weight excluding hydrogens is 440 g/mol. The summed E-state index contributed by atoms with van der Waals surface area (Å²) in [5.74, 6) is -2.85. The highest BCUT2D eigenvalue weighted by Gasteiger charge is 2.29. The Bertz CT molecular complexity index is 1060. The van der Waals surface area contributed by atoms with Gasteiger partial charge in [-0.3, -0.25) is 14.0 Å². The van der Waals surface area contributed by atoms with Crippen LogP contribution in [0.25, 0.3) is 0 Å². The minimum absolute atomic E-state index is 0.124. The van der Waals surface area contributed by atoms with Gasteiger partial charge in [0.2, 0.25) is 15.9 Å². The molecule has 0 aromatic heterocycles. The second-order valence-corrected chi connectivity index (χ2v) is 9.62. The number of nitrogens with one attached hydrogen (secondary N) is 1. The summed E-state index contributed by atoms with van der Waals surface area (Å²) in [6, 6.07) is 9.33. The van der Waals surface area contributed by atoms with Gasteiger partial charge in [-0.15, -0.1) is 0 Å². The number of hydrogen-bond acceptors (Lipinski definition) is 5. The van der Waals surface area contributed by atoms with E-state index in [4.69, 9.17) is 4.74 Å². The lowest BCUT2D eigenvalue weighted by Crippen LogP contribution is -2.47. The molecule has 1 atom stereocenters. The fraction of sp³-hybridized carbons (Fsp3) is 0.409. The molecule has 0 radical (unpaired) electrons. The molecule has 10 heteroatoms. The highest BCUT2D eigenvalue weighted by Crippen LogP contribution is 2.23. The SMILES string of the molecule is CC(C(=O)NCc1cccc(CN2CCOCC2)c1)N(c1ccc(F)c(F)c1)S(C)(=O)=O. The van der Waals surface area contributed by atoms with Gasteiger partial charge in [0.15, 0.2) is 11.6 Å². The van der Waals surface area contributed by atoms with E-state index in [-0.39, 0.29) is 12.2 Å². The van der Waals surface area contributed by atoms with Crippen LogP contribution in [0, 0.1) is 11.6 Å². The number of amides is 1. The van der Waals surface area contributed by atoms with Crippen molar-refractivity contribution in [3.05, 3.63) is 65.2 Å². The summed E-state index contributed by atoms with van der Waals surface area (Å²) in [5, 5.41) is 2.73. The number of sulfonamides is 1. The van der Waals surface area contributed by atoms with E-state index in [2.05, 4.69) is 10.2 Å². The van der Waals surface area contributed by atoms with Gasteiger partial charge in [-0.2, -0.15) is 0 Å². The van der Waals surface area contributed by atoms with Gasteiger partial charge in [-0.05, 0) is 30.2 Å². The van der Waals surface area contributed by atoms with Crippen molar-refractivity contribution in [2.45, 2.75) is 26.1 Å². The molecule has 1 fully saturated rings. The summed E-state index contributed by atoms with van der Waals surface area (Å²) >= 11 is 0. The van der Waals surface area contributed by atoms with Crippen molar-refractivity contribution < 1.29 is 26.7 Å². The molecule has 1 aliphatic heterocycles. The Morgan fingerprint density at radius 3 is 2.47 bits per heavy atom. The smallest absolute Gasteiger partial charge is 0.243 e. The molecule has 0 spiro atoms. The molecule has 2 aromatic rings. The number of anilines is 1. The van der Waals surface area contributed by atoms with Crippen molar-refractivity contribution in [3.63, 3.8) is 0 Å². The maximum absolute atomic E-state index is 13.7. The molecule has 0 aliphatic carbocycles. The van der Waals surface area contributed by atoms with E-state index in [1.54, 1.807) is 0 Å². The number of halogens is 2. The fourth-order valence-corrected chi connectivity index (χ4v) is 4.79. The number of nitrogens with zero attached hydrogens (tertiary/aromatic N) is 2. The zero-order valence-corrected chi connectivity index (χ0v) is 18.9. The number of benzene rings is 2. The molecular formula is C22H27F2N3O4S. The number of carbonyl (C=O) groups is 1. The first-order valence-corrected chi connectivity index (χ1v) is 12.1. The van der Waals surface area contributed by atoms with Gasteiger partial charge in [0.05, 0.1) is 25.2 Å². The maximum Gasteiger partial charge on any atom is 0.243 e. The van der Waals surface area contributed by atoms with Gasteiger partial charge in [-0.25, -0.2) is 17.2 Å². The van der Waals surface area contributed by atoms with E-state index >= 15 is 0 Å². The largest absolute Gasteiger partial charge is 0.379 e. The molecule has 1 unspecified atom stereocenters. The normalized spacial score (nSPS) is 15.9. The van der Waals surface area contributed by atoms with Crippen molar-refractivity contribution in [1.82, 2.24) is 10.2 Å².